The summed E-state index contributed by atoms with van der Waals surface area (Å²) in [5, 5.41) is 84.8. The van der Waals surface area contributed by atoms with Gasteiger partial charge in [-0.25, -0.2) is 0 Å². The first-order valence-corrected chi connectivity index (χ1v) is 19.4. The maximum Gasteiger partial charge on any atom is 0.314 e. The fraction of sp³-hybridized carbons (Fsp3) is 0.921. The molecule has 0 spiro atoms. The van der Waals surface area contributed by atoms with Gasteiger partial charge in [0.25, 0.3) is 0 Å². The summed E-state index contributed by atoms with van der Waals surface area (Å²) in [6.07, 6.45) is -4.28. The molecule has 51 heavy (non-hydrogen) atoms. The van der Waals surface area contributed by atoms with E-state index in [1.54, 1.807) is 6.08 Å². The van der Waals surface area contributed by atoms with Gasteiger partial charge in [0, 0.05) is 0 Å². The predicted molar refractivity (Wildman–Crippen MR) is 182 cm³/mol. The number of carboxylic acid groups (broad SMARTS) is 1. The number of fused-ring (bicyclic) bond motifs is 5. The third-order valence-electron chi connectivity index (χ3n) is 14.1. The van der Waals surface area contributed by atoms with Crippen molar-refractivity contribution in [1.82, 2.24) is 0 Å². The highest BCUT2D eigenvalue weighted by Crippen LogP contribution is 2.67. The largest absolute Gasteiger partial charge is 0.481 e. The van der Waals surface area contributed by atoms with Gasteiger partial charge < -0.3 is 59.8 Å². The zero-order valence-corrected chi connectivity index (χ0v) is 30.5. The van der Waals surface area contributed by atoms with Gasteiger partial charge in [-0.15, -0.1) is 0 Å². The molecule has 0 unspecified atom stereocenters. The molecule has 2 saturated heterocycles. The van der Waals surface area contributed by atoms with Gasteiger partial charge in [0.2, 0.25) is 0 Å². The van der Waals surface area contributed by atoms with E-state index in [1.165, 1.54) is 19.3 Å². The number of aliphatic hydroxyl groups excluding tert-OH is 7. The van der Waals surface area contributed by atoms with Crippen molar-refractivity contribution in [3.05, 3.63) is 11.6 Å². The van der Waals surface area contributed by atoms with Crippen LogP contribution in [0, 0.1) is 46.3 Å². The number of hydrogen-bond acceptors (Lipinski definition) is 12. The van der Waals surface area contributed by atoms with Crippen LogP contribution in [0.1, 0.15) is 91.9 Å². The topological polar surface area (TPSA) is 216 Å². The first kappa shape index (κ1) is 39.5. The maximum atomic E-state index is 13.4. The smallest absolute Gasteiger partial charge is 0.314 e. The van der Waals surface area contributed by atoms with E-state index < -0.39 is 92.1 Å². The Kier molecular flexibility index (Phi) is 12.0. The molecule has 2 aliphatic heterocycles. The molecule has 4 aliphatic carbocycles. The van der Waals surface area contributed by atoms with E-state index in [2.05, 4.69) is 27.7 Å². The van der Waals surface area contributed by atoms with Crippen LogP contribution in [0.4, 0.5) is 0 Å². The highest BCUT2D eigenvalue weighted by Gasteiger charge is 2.65. The summed E-state index contributed by atoms with van der Waals surface area (Å²) in [6, 6.07) is 0. The molecule has 5 fully saturated rings. The second kappa shape index (κ2) is 15.5. The molecule has 18 atom stereocenters. The Labute approximate surface area is 300 Å². The van der Waals surface area contributed by atoms with Gasteiger partial charge in [0.1, 0.15) is 42.7 Å². The molecule has 13 heteroatoms. The van der Waals surface area contributed by atoms with Gasteiger partial charge >= 0.3 is 5.97 Å². The van der Waals surface area contributed by atoms with Gasteiger partial charge in [0.05, 0.1) is 30.8 Å². The summed E-state index contributed by atoms with van der Waals surface area (Å²) >= 11 is 0. The summed E-state index contributed by atoms with van der Waals surface area (Å²) in [5.41, 5.74) is -0.445. The molecule has 0 bridgehead atoms. The molecule has 0 amide bonds. The van der Waals surface area contributed by atoms with E-state index in [0.717, 1.165) is 25.7 Å². The van der Waals surface area contributed by atoms with Crippen LogP contribution in [-0.4, -0.2) is 128 Å². The minimum absolute atomic E-state index is 0.0578. The van der Waals surface area contributed by atoms with Gasteiger partial charge in [0.15, 0.2) is 12.6 Å². The van der Waals surface area contributed by atoms with Crippen molar-refractivity contribution >= 4 is 5.97 Å². The van der Waals surface area contributed by atoms with Crippen LogP contribution in [0.3, 0.4) is 0 Å². The monoisotopic (exact) mass is 726 g/mol. The number of carboxylic acids is 1. The van der Waals surface area contributed by atoms with Gasteiger partial charge in [-0.05, 0) is 85.9 Å². The van der Waals surface area contributed by atoms with E-state index >= 15 is 0 Å². The lowest BCUT2D eigenvalue weighted by Gasteiger charge is -2.59. The van der Waals surface area contributed by atoms with Crippen molar-refractivity contribution in [3.63, 3.8) is 0 Å². The highest BCUT2D eigenvalue weighted by molar-refractivity contribution is 5.80. The standard InChI is InChI=1S/C38H62O13/c1-18(2)6-5-7-19(3)22-8-9-23-28-24(11-12-37(22,23)4)38(36(46)47)13-10-21(14-20(38)15-25(28)41)48-35-32(45)33(30(43)27(17-40)50-35)51-34-31(44)29(42)26(16-39)49-34/h15,18-19,21-35,39-45H,5-14,16-17H2,1-4H3,(H,46,47)/t19-,21+,22-,23+,24+,25+,26-,27+,28+,29-,30-,31-,32+,33+,34+,35-,37-,38-/m1/s1. The molecule has 13 nitrogen and oxygen atoms in total. The van der Waals surface area contributed by atoms with E-state index in [1.807, 2.05) is 0 Å². The Morgan fingerprint density at radius 3 is 2.14 bits per heavy atom. The molecule has 0 aromatic carbocycles. The highest BCUT2D eigenvalue weighted by atomic mass is 16.7. The summed E-state index contributed by atoms with van der Waals surface area (Å²) in [5.74, 6) is 0.838. The molecule has 0 radical (unpaired) electrons. The van der Waals surface area contributed by atoms with Crippen molar-refractivity contribution in [2.45, 2.75) is 159 Å². The van der Waals surface area contributed by atoms with Crippen LogP contribution >= 0.6 is 0 Å². The summed E-state index contributed by atoms with van der Waals surface area (Å²) in [4.78, 5) is 13.4. The molecule has 8 N–H and O–H groups in total. The second-order valence-electron chi connectivity index (χ2n) is 17.3. The average Bonchev–Trinajstić information content (AvgIpc) is 3.58. The minimum Gasteiger partial charge on any atom is -0.481 e. The van der Waals surface area contributed by atoms with E-state index in [-0.39, 0.29) is 29.6 Å². The van der Waals surface area contributed by atoms with Crippen molar-refractivity contribution < 1.29 is 64.6 Å². The number of ether oxygens (including phenoxy) is 4. The Bertz CT molecular complexity index is 1250. The maximum absolute atomic E-state index is 13.4. The molecule has 6 aliphatic rings. The van der Waals surface area contributed by atoms with Gasteiger partial charge in [-0.1, -0.05) is 58.6 Å². The first-order chi connectivity index (χ1) is 24.2. The number of carbonyl (C=O) groups is 1. The van der Waals surface area contributed by atoms with Crippen LogP contribution in [0.2, 0.25) is 0 Å². The predicted octanol–water partition coefficient (Wildman–Crippen LogP) is 1.71. The molecule has 0 aromatic heterocycles. The molecule has 6 rings (SSSR count). The van der Waals surface area contributed by atoms with Crippen LogP contribution in [0.25, 0.3) is 0 Å². The number of aliphatic carboxylic acids is 1. The van der Waals surface area contributed by atoms with E-state index in [4.69, 9.17) is 18.9 Å². The Hall–Kier alpha value is -1.23. The van der Waals surface area contributed by atoms with Crippen LogP contribution < -0.4 is 0 Å². The normalized spacial score (nSPS) is 48.9. The number of hydrogen-bond donors (Lipinski definition) is 8. The van der Waals surface area contributed by atoms with Crippen LogP contribution in [0.5, 0.6) is 0 Å². The quantitative estimate of drug-likeness (QED) is 0.135. The number of rotatable bonds is 12. The third-order valence-corrected chi connectivity index (χ3v) is 14.1. The lowest BCUT2D eigenvalue weighted by Crippen LogP contribution is -2.62. The third kappa shape index (κ3) is 6.96. The lowest BCUT2D eigenvalue weighted by molar-refractivity contribution is -0.338. The average molecular weight is 727 g/mol. The van der Waals surface area contributed by atoms with Crippen LogP contribution in [-0.2, 0) is 23.7 Å². The van der Waals surface area contributed by atoms with Crippen molar-refractivity contribution in [2.24, 2.45) is 46.3 Å². The Morgan fingerprint density at radius 2 is 1.51 bits per heavy atom. The van der Waals surface area contributed by atoms with Crippen molar-refractivity contribution in [1.29, 1.82) is 0 Å². The SMILES string of the molecule is CC(C)CCC[C@@H](C)[C@H]1CC[C@H]2[C@@H]3[C@@H](O)C=C4C[C@@H](O[C@@H]5O[C@@H](CO)[C@@H](O)[C@H](O[C@@H]6O[C@H](CO)[C@@H](O)[C@H]6O)[C@@H]5O)CC[C@]4(C(=O)O)[C@H]3CC[C@]12C. The zero-order valence-electron chi connectivity index (χ0n) is 30.5. The van der Waals surface area contributed by atoms with E-state index in [0.29, 0.717) is 36.2 Å². The van der Waals surface area contributed by atoms with Crippen molar-refractivity contribution in [3.8, 4) is 0 Å². The van der Waals surface area contributed by atoms with E-state index in [9.17, 15) is 45.6 Å². The molecule has 2 heterocycles. The van der Waals surface area contributed by atoms with Gasteiger partial charge in [-0.2, -0.15) is 0 Å². The molecule has 292 valence electrons. The molecule has 3 saturated carbocycles. The minimum atomic E-state index is -1.62. The molecule has 0 aromatic rings. The summed E-state index contributed by atoms with van der Waals surface area (Å²) in [6.45, 7) is 8.07. The zero-order chi connectivity index (χ0) is 37.0. The summed E-state index contributed by atoms with van der Waals surface area (Å²) in [7, 11) is 0. The molecular formula is C38H62O13. The Balaban J connectivity index is 1.17. The second-order valence-corrected chi connectivity index (χ2v) is 17.3. The fourth-order valence-corrected chi connectivity index (χ4v) is 11.5. The first-order valence-electron chi connectivity index (χ1n) is 19.4. The van der Waals surface area contributed by atoms with Crippen molar-refractivity contribution in [2.75, 3.05) is 13.2 Å². The molecular weight excluding hydrogens is 664 g/mol. The fourth-order valence-electron chi connectivity index (χ4n) is 11.5. The van der Waals surface area contributed by atoms with Gasteiger partial charge in [-0.3, -0.25) is 4.79 Å². The Morgan fingerprint density at radius 1 is 0.843 bits per heavy atom. The lowest BCUT2D eigenvalue weighted by atomic mass is 9.45. The van der Waals surface area contributed by atoms with Crippen LogP contribution in [0.15, 0.2) is 11.6 Å². The summed E-state index contributed by atoms with van der Waals surface area (Å²) < 4.78 is 23.1. The number of aliphatic hydroxyl groups is 7.